The molecule has 0 aromatic heterocycles. The van der Waals surface area contributed by atoms with Crippen molar-refractivity contribution in [2.45, 2.75) is 46.5 Å². The van der Waals surface area contributed by atoms with Crippen LogP contribution in [0.4, 0.5) is 0 Å². The van der Waals surface area contributed by atoms with Crippen molar-refractivity contribution in [2.75, 3.05) is 0 Å². The van der Waals surface area contributed by atoms with E-state index in [1.807, 2.05) is 6.92 Å². The zero-order valence-corrected chi connectivity index (χ0v) is 9.99. The smallest absolute Gasteiger partial charge is 0.309 e. The van der Waals surface area contributed by atoms with E-state index in [9.17, 15) is 9.90 Å². The summed E-state index contributed by atoms with van der Waals surface area (Å²) in [5.41, 5.74) is -0.578. The zero-order valence-electron chi connectivity index (χ0n) is 9.99. The first-order chi connectivity index (χ1) is 6.97. The fraction of sp³-hybridized carbons (Fsp3) is 0.769. The van der Waals surface area contributed by atoms with Crippen LogP contribution in [0.2, 0.25) is 0 Å². The SMILES string of the molecule is CC(C)CC(C)(C(=O)O)C1C=CCCC1. The van der Waals surface area contributed by atoms with Crippen molar-refractivity contribution < 1.29 is 9.90 Å². The molecule has 0 radical (unpaired) electrons. The molecule has 1 rings (SSSR count). The normalized spacial score (nSPS) is 25.2. The Morgan fingerprint density at radius 3 is 2.67 bits per heavy atom. The Labute approximate surface area is 92.4 Å². The van der Waals surface area contributed by atoms with Gasteiger partial charge in [-0.1, -0.05) is 26.0 Å². The predicted molar refractivity (Wildman–Crippen MR) is 61.7 cm³/mol. The van der Waals surface area contributed by atoms with Gasteiger partial charge in [0.2, 0.25) is 0 Å². The van der Waals surface area contributed by atoms with Gasteiger partial charge in [0, 0.05) is 0 Å². The van der Waals surface area contributed by atoms with E-state index in [4.69, 9.17) is 0 Å². The molecule has 2 heteroatoms. The lowest BCUT2D eigenvalue weighted by Gasteiger charge is -2.35. The number of rotatable bonds is 4. The second-order valence-corrected chi connectivity index (χ2v) is 5.29. The van der Waals surface area contributed by atoms with E-state index in [1.165, 1.54) is 0 Å². The molecule has 15 heavy (non-hydrogen) atoms. The summed E-state index contributed by atoms with van der Waals surface area (Å²) in [7, 11) is 0. The van der Waals surface area contributed by atoms with E-state index < -0.39 is 11.4 Å². The van der Waals surface area contributed by atoms with E-state index in [1.54, 1.807) is 0 Å². The van der Waals surface area contributed by atoms with Gasteiger partial charge in [0.15, 0.2) is 0 Å². The summed E-state index contributed by atoms with van der Waals surface area (Å²) in [5.74, 6) is 0.000302. The molecule has 1 aliphatic rings. The molecule has 0 heterocycles. The summed E-state index contributed by atoms with van der Waals surface area (Å²) in [6, 6.07) is 0. The van der Waals surface area contributed by atoms with Gasteiger partial charge >= 0.3 is 5.97 Å². The van der Waals surface area contributed by atoms with Crippen molar-refractivity contribution in [3.63, 3.8) is 0 Å². The minimum atomic E-state index is -0.646. The molecule has 0 fully saturated rings. The van der Waals surface area contributed by atoms with Gasteiger partial charge in [-0.2, -0.15) is 0 Å². The van der Waals surface area contributed by atoms with Gasteiger partial charge in [-0.3, -0.25) is 4.79 Å². The number of allylic oxidation sites excluding steroid dienone is 2. The van der Waals surface area contributed by atoms with Gasteiger partial charge in [-0.15, -0.1) is 0 Å². The van der Waals surface area contributed by atoms with E-state index >= 15 is 0 Å². The maximum absolute atomic E-state index is 11.4. The van der Waals surface area contributed by atoms with Crippen molar-refractivity contribution in [1.29, 1.82) is 0 Å². The Hall–Kier alpha value is -0.790. The highest BCUT2D eigenvalue weighted by Gasteiger charge is 2.40. The maximum atomic E-state index is 11.4. The maximum Gasteiger partial charge on any atom is 0.309 e. The molecule has 2 atom stereocenters. The molecule has 0 aliphatic heterocycles. The molecule has 0 saturated heterocycles. The summed E-state index contributed by atoms with van der Waals surface area (Å²) in [6.45, 7) is 6.08. The molecule has 1 N–H and O–H groups in total. The molecule has 2 unspecified atom stereocenters. The lowest BCUT2D eigenvalue weighted by Crippen LogP contribution is -2.37. The third kappa shape index (κ3) is 2.83. The van der Waals surface area contributed by atoms with Gasteiger partial charge in [0.05, 0.1) is 5.41 Å². The van der Waals surface area contributed by atoms with Gasteiger partial charge in [-0.25, -0.2) is 0 Å². The fourth-order valence-corrected chi connectivity index (χ4v) is 2.59. The second-order valence-electron chi connectivity index (χ2n) is 5.29. The Bertz CT molecular complexity index is 255. The Morgan fingerprint density at radius 2 is 2.27 bits per heavy atom. The first-order valence-electron chi connectivity index (χ1n) is 5.87. The zero-order chi connectivity index (χ0) is 11.5. The number of carbonyl (C=O) groups is 1. The van der Waals surface area contributed by atoms with Crippen LogP contribution in [0.25, 0.3) is 0 Å². The van der Waals surface area contributed by atoms with Crippen LogP contribution in [0.5, 0.6) is 0 Å². The van der Waals surface area contributed by atoms with Crippen LogP contribution in [0, 0.1) is 17.3 Å². The summed E-state index contributed by atoms with van der Waals surface area (Å²) in [6.07, 6.45) is 8.26. The fourth-order valence-electron chi connectivity index (χ4n) is 2.59. The predicted octanol–water partition coefficient (Wildman–Crippen LogP) is 3.48. The lowest BCUT2D eigenvalue weighted by molar-refractivity contribution is -0.151. The third-order valence-electron chi connectivity index (χ3n) is 3.39. The van der Waals surface area contributed by atoms with Gasteiger partial charge in [0.25, 0.3) is 0 Å². The van der Waals surface area contributed by atoms with Crippen LogP contribution in [0.15, 0.2) is 12.2 Å². The van der Waals surface area contributed by atoms with Crippen LogP contribution >= 0.6 is 0 Å². The van der Waals surface area contributed by atoms with Crippen LogP contribution < -0.4 is 0 Å². The Kier molecular flexibility index (Phi) is 3.95. The van der Waals surface area contributed by atoms with Crippen molar-refractivity contribution in [1.82, 2.24) is 0 Å². The standard InChI is InChI=1S/C13H22O2/c1-10(2)9-13(3,12(14)15)11-7-5-4-6-8-11/h5,7,10-11H,4,6,8-9H2,1-3H3,(H,14,15). The summed E-state index contributed by atoms with van der Waals surface area (Å²) in [5, 5.41) is 9.40. The largest absolute Gasteiger partial charge is 0.481 e. The quantitative estimate of drug-likeness (QED) is 0.721. The molecule has 2 nitrogen and oxygen atoms in total. The minimum absolute atomic E-state index is 0.214. The lowest BCUT2D eigenvalue weighted by atomic mass is 9.68. The van der Waals surface area contributed by atoms with Gasteiger partial charge < -0.3 is 5.11 Å². The molecule has 0 aromatic carbocycles. The van der Waals surface area contributed by atoms with Crippen LogP contribution in [-0.2, 0) is 4.79 Å². The number of aliphatic carboxylic acids is 1. The van der Waals surface area contributed by atoms with Crippen molar-refractivity contribution >= 4 is 5.97 Å². The van der Waals surface area contributed by atoms with E-state index in [-0.39, 0.29) is 5.92 Å². The van der Waals surface area contributed by atoms with E-state index in [0.29, 0.717) is 5.92 Å². The molecule has 1 aliphatic carbocycles. The van der Waals surface area contributed by atoms with Crippen molar-refractivity contribution in [3.8, 4) is 0 Å². The van der Waals surface area contributed by atoms with Gasteiger partial charge in [-0.05, 0) is 44.4 Å². The Balaban J connectivity index is 2.84. The van der Waals surface area contributed by atoms with Crippen molar-refractivity contribution in [3.05, 3.63) is 12.2 Å². The number of hydrogen-bond acceptors (Lipinski definition) is 1. The monoisotopic (exact) mass is 210 g/mol. The Morgan fingerprint density at radius 1 is 1.60 bits per heavy atom. The topological polar surface area (TPSA) is 37.3 Å². The third-order valence-corrected chi connectivity index (χ3v) is 3.39. The highest BCUT2D eigenvalue weighted by atomic mass is 16.4. The van der Waals surface area contributed by atoms with Crippen LogP contribution in [0.3, 0.4) is 0 Å². The molecule has 0 spiro atoms. The summed E-state index contributed by atoms with van der Waals surface area (Å²) in [4.78, 5) is 11.4. The highest BCUT2D eigenvalue weighted by molar-refractivity contribution is 5.75. The molecule has 0 aromatic rings. The van der Waals surface area contributed by atoms with Gasteiger partial charge in [0.1, 0.15) is 0 Å². The molecule has 0 amide bonds. The number of hydrogen-bond donors (Lipinski definition) is 1. The van der Waals surface area contributed by atoms with Crippen LogP contribution in [-0.4, -0.2) is 11.1 Å². The number of carboxylic acid groups (broad SMARTS) is 1. The average molecular weight is 210 g/mol. The molecule has 86 valence electrons. The molecular weight excluding hydrogens is 188 g/mol. The molecule has 0 saturated carbocycles. The van der Waals surface area contributed by atoms with E-state index in [0.717, 1.165) is 25.7 Å². The van der Waals surface area contributed by atoms with Crippen LogP contribution in [0.1, 0.15) is 46.5 Å². The first-order valence-corrected chi connectivity index (χ1v) is 5.87. The highest BCUT2D eigenvalue weighted by Crippen LogP contribution is 2.40. The number of carboxylic acids is 1. The minimum Gasteiger partial charge on any atom is -0.481 e. The van der Waals surface area contributed by atoms with E-state index in [2.05, 4.69) is 26.0 Å². The average Bonchev–Trinajstić information content (AvgIpc) is 2.17. The molecular formula is C13H22O2. The summed E-state index contributed by atoms with van der Waals surface area (Å²) < 4.78 is 0. The van der Waals surface area contributed by atoms with Crippen molar-refractivity contribution in [2.24, 2.45) is 17.3 Å². The molecule has 0 bridgehead atoms. The second kappa shape index (κ2) is 4.82. The first kappa shape index (κ1) is 12.3. The summed E-state index contributed by atoms with van der Waals surface area (Å²) >= 11 is 0.